The number of benzene rings is 2. The normalized spacial score (nSPS) is 11.6. The van der Waals surface area contributed by atoms with Crippen LogP contribution in [0, 0.1) is 10.1 Å². The second-order valence-electron chi connectivity index (χ2n) is 6.35. The van der Waals surface area contributed by atoms with Crippen LogP contribution in [0.1, 0.15) is 24.2 Å². The van der Waals surface area contributed by atoms with Crippen molar-refractivity contribution in [1.82, 2.24) is 4.98 Å². The van der Waals surface area contributed by atoms with Gasteiger partial charge in [-0.1, -0.05) is 17.4 Å². The van der Waals surface area contributed by atoms with E-state index < -0.39 is 25.9 Å². The van der Waals surface area contributed by atoms with Gasteiger partial charge in [-0.3, -0.25) is 20.2 Å². The summed E-state index contributed by atoms with van der Waals surface area (Å²) in [5.41, 5.74) is 0.390. The van der Waals surface area contributed by atoms with Crippen molar-refractivity contribution in [3.05, 3.63) is 52.1 Å². The van der Waals surface area contributed by atoms with Gasteiger partial charge in [-0.25, -0.2) is 13.4 Å². The summed E-state index contributed by atoms with van der Waals surface area (Å²) in [6, 6.07) is 8.34. The fourth-order valence-electron chi connectivity index (χ4n) is 2.56. The molecule has 11 heteroatoms. The van der Waals surface area contributed by atoms with E-state index >= 15 is 0 Å². The molecular formula is C18H17N3O6S2. The Kier molecular flexibility index (Phi) is 5.53. The van der Waals surface area contributed by atoms with Crippen LogP contribution in [-0.2, 0) is 9.84 Å². The highest BCUT2D eigenvalue weighted by Crippen LogP contribution is 2.36. The maximum Gasteiger partial charge on any atom is 0.274 e. The molecule has 152 valence electrons. The number of carbonyl (C=O) groups excluding carboxylic acids is 1. The molecular weight excluding hydrogens is 418 g/mol. The maximum atomic E-state index is 12.6. The van der Waals surface area contributed by atoms with Crippen molar-refractivity contribution in [3.63, 3.8) is 0 Å². The second kappa shape index (κ2) is 7.76. The smallest absolute Gasteiger partial charge is 0.274 e. The molecule has 0 radical (unpaired) electrons. The quantitative estimate of drug-likeness (QED) is 0.462. The molecule has 0 fully saturated rings. The lowest BCUT2D eigenvalue weighted by Crippen LogP contribution is -2.16. The number of nitro groups is 1. The molecule has 1 N–H and O–H groups in total. The van der Waals surface area contributed by atoms with Gasteiger partial charge in [0.25, 0.3) is 11.6 Å². The van der Waals surface area contributed by atoms with E-state index in [1.54, 1.807) is 13.8 Å². The highest BCUT2D eigenvalue weighted by molar-refractivity contribution is 7.92. The van der Waals surface area contributed by atoms with Crippen LogP contribution < -0.4 is 10.1 Å². The molecule has 0 bridgehead atoms. The number of hydrogen-bond acceptors (Lipinski definition) is 8. The number of ether oxygens (including phenoxy) is 1. The zero-order valence-corrected chi connectivity index (χ0v) is 17.3. The standard InChI is InChI=1S/C18H17N3O6S2/c1-10(2)29(25,26)13-6-4-5-11(7-13)17(22)20-18-19-16-14(27-3)8-12(21(23)24)9-15(16)28-18/h4-10H,1-3H3,(H,19,20,22). The molecule has 1 heterocycles. The average Bonchev–Trinajstić information content (AvgIpc) is 3.09. The highest BCUT2D eigenvalue weighted by Gasteiger charge is 2.21. The Morgan fingerprint density at radius 3 is 2.62 bits per heavy atom. The third kappa shape index (κ3) is 4.05. The first-order chi connectivity index (χ1) is 13.6. The predicted molar refractivity (Wildman–Crippen MR) is 110 cm³/mol. The van der Waals surface area contributed by atoms with E-state index in [4.69, 9.17) is 4.74 Å². The molecule has 3 rings (SSSR count). The van der Waals surface area contributed by atoms with Crippen molar-refractivity contribution in [3.8, 4) is 5.75 Å². The van der Waals surface area contributed by atoms with Crippen LogP contribution in [0.3, 0.4) is 0 Å². The van der Waals surface area contributed by atoms with Crippen LogP contribution in [0.5, 0.6) is 5.75 Å². The van der Waals surface area contributed by atoms with Crippen LogP contribution in [0.4, 0.5) is 10.8 Å². The molecule has 0 aliphatic rings. The van der Waals surface area contributed by atoms with E-state index in [-0.39, 0.29) is 27.0 Å². The first-order valence-corrected chi connectivity index (χ1v) is 10.8. The summed E-state index contributed by atoms with van der Waals surface area (Å²) in [4.78, 5) is 27.4. The van der Waals surface area contributed by atoms with Gasteiger partial charge in [0.05, 0.1) is 32.9 Å². The molecule has 0 saturated heterocycles. The van der Waals surface area contributed by atoms with Crippen LogP contribution in [0.25, 0.3) is 10.2 Å². The number of anilines is 1. The number of thiazole rings is 1. The second-order valence-corrected chi connectivity index (χ2v) is 9.88. The van der Waals surface area contributed by atoms with Gasteiger partial charge >= 0.3 is 0 Å². The van der Waals surface area contributed by atoms with Crippen molar-refractivity contribution < 1.29 is 22.9 Å². The van der Waals surface area contributed by atoms with Gasteiger partial charge in [0.15, 0.2) is 20.7 Å². The Labute approximate surface area is 170 Å². The minimum atomic E-state index is -3.52. The number of nitrogens with zero attached hydrogens (tertiary/aromatic N) is 2. The molecule has 0 unspecified atom stereocenters. The number of sulfone groups is 1. The minimum Gasteiger partial charge on any atom is -0.494 e. The van der Waals surface area contributed by atoms with Crippen LogP contribution in [-0.4, -0.2) is 36.6 Å². The van der Waals surface area contributed by atoms with Crippen molar-refractivity contribution in [2.45, 2.75) is 24.0 Å². The summed E-state index contributed by atoms with van der Waals surface area (Å²) in [6.07, 6.45) is 0. The van der Waals surface area contributed by atoms with Crippen LogP contribution in [0.15, 0.2) is 41.3 Å². The number of aromatic nitrogens is 1. The molecule has 2 aromatic carbocycles. The molecule has 0 aliphatic heterocycles. The third-order valence-corrected chi connectivity index (χ3v) is 7.21. The molecule has 0 atom stereocenters. The highest BCUT2D eigenvalue weighted by atomic mass is 32.2. The van der Waals surface area contributed by atoms with E-state index in [2.05, 4.69) is 10.3 Å². The van der Waals surface area contributed by atoms with Gasteiger partial charge in [-0.05, 0) is 32.0 Å². The molecule has 3 aromatic rings. The Balaban J connectivity index is 1.93. The van der Waals surface area contributed by atoms with Gasteiger partial charge in [0, 0.05) is 11.6 Å². The number of fused-ring (bicyclic) bond motifs is 1. The number of hydrogen-bond donors (Lipinski definition) is 1. The largest absolute Gasteiger partial charge is 0.494 e. The average molecular weight is 435 g/mol. The van der Waals surface area contributed by atoms with E-state index in [0.29, 0.717) is 10.2 Å². The summed E-state index contributed by atoms with van der Waals surface area (Å²) in [5.74, 6) is -0.325. The fourth-order valence-corrected chi connectivity index (χ4v) is 4.57. The summed E-state index contributed by atoms with van der Waals surface area (Å²) < 4.78 is 30.3. The number of rotatable bonds is 6. The number of non-ortho nitro benzene ring substituents is 1. The maximum absolute atomic E-state index is 12.6. The minimum absolute atomic E-state index is 0.0572. The number of carbonyl (C=O) groups is 1. The van der Waals surface area contributed by atoms with Crippen LogP contribution in [0.2, 0.25) is 0 Å². The fraction of sp³-hybridized carbons (Fsp3) is 0.222. The van der Waals surface area contributed by atoms with E-state index in [1.807, 2.05) is 0 Å². The third-order valence-electron chi connectivity index (χ3n) is 4.14. The van der Waals surface area contributed by atoms with Crippen molar-refractivity contribution in [2.75, 3.05) is 12.4 Å². The SMILES string of the molecule is COc1cc([N+](=O)[O-])cc2sc(NC(=O)c3cccc(S(=O)(=O)C(C)C)c3)nc12. The number of methoxy groups -OCH3 is 1. The molecule has 29 heavy (non-hydrogen) atoms. The lowest BCUT2D eigenvalue weighted by molar-refractivity contribution is -0.384. The summed E-state index contributed by atoms with van der Waals surface area (Å²) in [7, 11) is -2.15. The van der Waals surface area contributed by atoms with Gasteiger partial charge in [-0.15, -0.1) is 0 Å². The van der Waals surface area contributed by atoms with Crippen LogP contribution >= 0.6 is 11.3 Å². The van der Waals surface area contributed by atoms with E-state index in [0.717, 1.165) is 11.3 Å². The van der Waals surface area contributed by atoms with Crippen molar-refractivity contribution >= 4 is 48.1 Å². The van der Waals surface area contributed by atoms with E-state index in [9.17, 15) is 23.3 Å². The summed E-state index contributed by atoms with van der Waals surface area (Å²) in [5, 5.41) is 13.3. The lowest BCUT2D eigenvalue weighted by Gasteiger charge is -2.09. The summed E-state index contributed by atoms with van der Waals surface area (Å²) >= 11 is 1.05. The topological polar surface area (TPSA) is 128 Å². The molecule has 0 spiro atoms. The Morgan fingerprint density at radius 2 is 2.00 bits per heavy atom. The number of amides is 1. The van der Waals surface area contributed by atoms with Crippen molar-refractivity contribution in [2.24, 2.45) is 0 Å². The van der Waals surface area contributed by atoms with Gasteiger partial charge < -0.3 is 4.74 Å². The molecule has 1 amide bonds. The Bertz CT molecular complexity index is 1220. The zero-order chi connectivity index (χ0) is 21.3. The predicted octanol–water partition coefficient (Wildman–Crippen LogP) is 3.65. The van der Waals surface area contributed by atoms with Gasteiger partial charge in [-0.2, -0.15) is 0 Å². The summed E-state index contributed by atoms with van der Waals surface area (Å²) in [6.45, 7) is 3.13. The Hall–Kier alpha value is -3.05. The first kappa shape index (κ1) is 20.7. The molecule has 9 nitrogen and oxygen atoms in total. The van der Waals surface area contributed by atoms with Gasteiger partial charge in [0.1, 0.15) is 5.52 Å². The zero-order valence-electron chi connectivity index (χ0n) is 15.7. The van der Waals surface area contributed by atoms with Crippen molar-refractivity contribution in [1.29, 1.82) is 0 Å². The van der Waals surface area contributed by atoms with E-state index in [1.165, 1.54) is 43.5 Å². The molecule has 0 saturated carbocycles. The number of nitro benzene ring substituents is 1. The van der Waals surface area contributed by atoms with Gasteiger partial charge in [0.2, 0.25) is 0 Å². The first-order valence-electron chi connectivity index (χ1n) is 8.41. The molecule has 1 aromatic heterocycles. The molecule has 0 aliphatic carbocycles. The Morgan fingerprint density at radius 1 is 1.28 bits per heavy atom. The monoisotopic (exact) mass is 435 g/mol. The lowest BCUT2D eigenvalue weighted by atomic mass is 10.2. The number of nitrogens with one attached hydrogen (secondary N) is 1.